The number of anilines is 2. The lowest BCUT2D eigenvalue weighted by molar-refractivity contribution is -0.119. The molecule has 3 N–H and O–H groups in total. The Kier molecular flexibility index (Phi) is 8.20. The third-order valence-corrected chi connectivity index (χ3v) is 6.49. The molecule has 186 valence electrons. The third-order valence-electron chi connectivity index (χ3n) is 6.49. The molecule has 2 aliphatic rings. The summed E-state index contributed by atoms with van der Waals surface area (Å²) in [7, 11) is 2.08. The van der Waals surface area contributed by atoms with Gasteiger partial charge in [0, 0.05) is 30.5 Å². The molecule has 1 atom stereocenters. The first kappa shape index (κ1) is 24.5. The van der Waals surface area contributed by atoms with Gasteiger partial charge in [-0.1, -0.05) is 30.3 Å². The maximum atomic E-state index is 12.7. The van der Waals surface area contributed by atoms with Gasteiger partial charge in [0.1, 0.15) is 6.61 Å². The predicted octanol–water partition coefficient (Wildman–Crippen LogP) is 3.50. The molecule has 2 aliphatic heterocycles. The second-order valence-corrected chi connectivity index (χ2v) is 9.21. The fraction of sp³-hybridized carbons (Fsp3) is 0.423. The summed E-state index contributed by atoms with van der Waals surface area (Å²) in [4.78, 5) is 41.1. The molecule has 2 heterocycles. The zero-order valence-electron chi connectivity index (χ0n) is 20.0. The van der Waals surface area contributed by atoms with E-state index in [4.69, 9.17) is 4.74 Å². The minimum Gasteiger partial charge on any atom is -0.445 e. The fourth-order valence-corrected chi connectivity index (χ4v) is 4.34. The van der Waals surface area contributed by atoms with E-state index in [1.54, 1.807) is 29.2 Å². The second-order valence-electron chi connectivity index (χ2n) is 9.21. The van der Waals surface area contributed by atoms with Gasteiger partial charge in [-0.2, -0.15) is 0 Å². The van der Waals surface area contributed by atoms with Crippen molar-refractivity contribution in [2.24, 2.45) is 5.92 Å². The quantitative estimate of drug-likeness (QED) is 0.589. The molecule has 2 fully saturated rings. The van der Waals surface area contributed by atoms with Crippen LogP contribution in [-0.4, -0.2) is 67.1 Å². The molecule has 2 aromatic rings. The molecule has 35 heavy (non-hydrogen) atoms. The molecule has 0 radical (unpaired) electrons. The van der Waals surface area contributed by atoms with Crippen LogP contribution in [0.5, 0.6) is 0 Å². The number of carbonyl (C=O) groups is 3. The van der Waals surface area contributed by atoms with Crippen LogP contribution < -0.4 is 16.0 Å². The Balaban J connectivity index is 1.19. The van der Waals surface area contributed by atoms with Crippen molar-refractivity contribution >= 4 is 29.4 Å². The lowest BCUT2D eigenvalue weighted by Gasteiger charge is -2.29. The largest absolute Gasteiger partial charge is 0.445 e. The number of hydrogen-bond donors (Lipinski definition) is 3. The van der Waals surface area contributed by atoms with E-state index in [1.807, 2.05) is 30.3 Å². The number of urea groups is 1. The summed E-state index contributed by atoms with van der Waals surface area (Å²) in [6.45, 7) is 2.99. The number of nitrogens with one attached hydrogen (secondary N) is 3. The number of ether oxygens (including phenoxy) is 1. The molecule has 0 bridgehead atoms. The normalized spacial score (nSPS) is 18.7. The van der Waals surface area contributed by atoms with Gasteiger partial charge in [0.25, 0.3) is 0 Å². The predicted molar refractivity (Wildman–Crippen MR) is 134 cm³/mol. The van der Waals surface area contributed by atoms with E-state index in [9.17, 15) is 14.4 Å². The summed E-state index contributed by atoms with van der Waals surface area (Å²) in [6.07, 6.45) is 2.07. The van der Waals surface area contributed by atoms with Crippen LogP contribution in [0, 0.1) is 5.92 Å². The number of likely N-dealkylation sites (tertiary alicyclic amines) is 2. The van der Waals surface area contributed by atoms with E-state index >= 15 is 0 Å². The van der Waals surface area contributed by atoms with E-state index in [0.717, 1.165) is 31.5 Å². The zero-order valence-corrected chi connectivity index (χ0v) is 20.0. The number of nitrogens with zero attached hydrogens (tertiary/aromatic N) is 2. The standard InChI is InChI=1S/C26H33N5O4/c1-30-14-12-23(13-15-30)29-25(33)28-22-9-7-21(8-10-22)27-24(32)20-11-16-31(17-20)26(34)35-18-19-5-3-2-4-6-19/h2-10,20,23H,11-18H2,1H3,(H,27,32)(H2,28,29,33). The Morgan fingerprint density at radius 2 is 1.54 bits per heavy atom. The number of benzene rings is 2. The highest BCUT2D eigenvalue weighted by atomic mass is 16.6. The maximum Gasteiger partial charge on any atom is 0.410 e. The Bertz CT molecular complexity index is 1010. The maximum absolute atomic E-state index is 12.7. The number of piperidine rings is 1. The average molecular weight is 480 g/mol. The molecule has 0 spiro atoms. The molecule has 0 aliphatic carbocycles. The molecule has 2 saturated heterocycles. The van der Waals surface area contributed by atoms with Gasteiger partial charge >= 0.3 is 12.1 Å². The third kappa shape index (κ3) is 7.19. The molecule has 1 unspecified atom stereocenters. The van der Waals surface area contributed by atoms with Gasteiger partial charge in [-0.25, -0.2) is 9.59 Å². The summed E-state index contributed by atoms with van der Waals surface area (Å²) in [5, 5.41) is 8.76. The number of amides is 4. The Morgan fingerprint density at radius 3 is 2.23 bits per heavy atom. The van der Waals surface area contributed by atoms with Crippen molar-refractivity contribution in [3.05, 3.63) is 60.2 Å². The minimum absolute atomic E-state index is 0.135. The van der Waals surface area contributed by atoms with Crippen LogP contribution in [-0.2, 0) is 16.1 Å². The van der Waals surface area contributed by atoms with Crippen molar-refractivity contribution in [3.8, 4) is 0 Å². The highest BCUT2D eigenvalue weighted by Crippen LogP contribution is 2.21. The molecule has 4 rings (SSSR count). The minimum atomic E-state index is -0.405. The topological polar surface area (TPSA) is 103 Å². The van der Waals surface area contributed by atoms with Crippen LogP contribution in [0.15, 0.2) is 54.6 Å². The van der Waals surface area contributed by atoms with Gasteiger partial charge in [-0.3, -0.25) is 4.79 Å². The Morgan fingerprint density at radius 1 is 0.886 bits per heavy atom. The van der Waals surface area contributed by atoms with Crippen molar-refractivity contribution in [1.82, 2.24) is 15.1 Å². The molecule has 0 saturated carbocycles. The summed E-state index contributed by atoms with van der Waals surface area (Å²) >= 11 is 0. The molecular formula is C26H33N5O4. The monoisotopic (exact) mass is 479 g/mol. The van der Waals surface area contributed by atoms with Crippen LogP contribution in [0.1, 0.15) is 24.8 Å². The van der Waals surface area contributed by atoms with Gasteiger partial charge in [0.2, 0.25) is 5.91 Å². The second kappa shape index (κ2) is 11.7. The van der Waals surface area contributed by atoms with Gasteiger partial charge in [-0.15, -0.1) is 0 Å². The molecule has 2 aromatic carbocycles. The van der Waals surface area contributed by atoms with Crippen LogP contribution in [0.3, 0.4) is 0 Å². The van der Waals surface area contributed by atoms with Crippen molar-refractivity contribution in [2.45, 2.75) is 31.9 Å². The van der Waals surface area contributed by atoms with Crippen LogP contribution in [0.4, 0.5) is 21.0 Å². The van der Waals surface area contributed by atoms with Crippen LogP contribution >= 0.6 is 0 Å². The molecule has 0 aromatic heterocycles. The van der Waals surface area contributed by atoms with Crippen LogP contribution in [0.2, 0.25) is 0 Å². The first-order valence-corrected chi connectivity index (χ1v) is 12.1. The molecular weight excluding hydrogens is 446 g/mol. The first-order chi connectivity index (χ1) is 17.0. The van der Waals surface area contributed by atoms with Crippen molar-refractivity contribution in [3.63, 3.8) is 0 Å². The number of carbonyl (C=O) groups excluding carboxylic acids is 3. The molecule has 4 amide bonds. The van der Waals surface area contributed by atoms with E-state index in [2.05, 4.69) is 27.9 Å². The van der Waals surface area contributed by atoms with E-state index in [0.29, 0.717) is 30.9 Å². The molecule has 9 nitrogen and oxygen atoms in total. The first-order valence-electron chi connectivity index (χ1n) is 12.1. The number of hydrogen-bond acceptors (Lipinski definition) is 5. The summed E-state index contributed by atoms with van der Waals surface area (Å²) in [5.41, 5.74) is 2.22. The van der Waals surface area contributed by atoms with Gasteiger partial charge in [0.15, 0.2) is 0 Å². The SMILES string of the molecule is CN1CCC(NC(=O)Nc2ccc(NC(=O)C3CCN(C(=O)OCc4ccccc4)C3)cc2)CC1. The van der Waals surface area contributed by atoms with E-state index < -0.39 is 6.09 Å². The van der Waals surface area contributed by atoms with Gasteiger partial charge < -0.3 is 30.5 Å². The fourth-order valence-electron chi connectivity index (χ4n) is 4.34. The molecule has 9 heteroatoms. The van der Waals surface area contributed by atoms with Gasteiger partial charge in [-0.05, 0) is 69.2 Å². The van der Waals surface area contributed by atoms with Crippen molar-refractivity contribution in [2.75, 3.05) is 43.9 Å². The zero-order chi connectivity index (χ0) is 24.6. The smallest absolute Gasteiger partial charge is 0.410 e. The average Bonchev–Trinajstić information content (AvgIpc) is 3.37. The lowest BCUT2D eigenvalue weighted by atomic mass is 10.1. The highest BCUT2D eigenvalue weighted by molar-refractivity contribution is 5.94. The van der Waals surface area contributed by atoms with Crippen LogP contribution in [0.25, 0.3) is 0 Å². The summed E-state index contributed by atoms with van der Waals surface area (Å²) < 4.78 is 5.37. The highest BCUT2D eigenvalue weighted by Gasteiger charge is 2.32. The van der Waals surface area contributed by atoms with Crippen molar-refractivity contribution in [1.29, 1.82) is 0 Å². The van der Waals surface area contributed by atoms with Crippen molar-refractivity contribution < 1.29 is 19.1 Å². The van der Waals surface area contributed by atoms with Gasteiger partial charge in [0.05, 0.1) is 5.92 Å². The lowest BCUT2D eigenvalue weighted by Crippen LogP contribution is -2.44. The summed E-state index contributed by atoms with van der Waals surface area (Å²) in [6, 6.07) is 16.5. The van der Waals surface area contributed by atoms with E-state index in [-0.39, 0.29) is 30.5 Å². The summed E-state index contributed by atoms with van der Waals surface area (Å²) in [5.74, 6) is -0.429. The van der Waals surface area contributed by atoms with E-state index in [1.165, 1.54) is 0 Å². The Labute approximate surface area is 205 Å². The number of rotatable bonds is 6. The Hall–Kier alpha value is -3.59.